The molecule has 3 aromatic carbocycles. The Morgan fingerprint density at radius 2 is 1.54 bits per heavy atom. The zero-order valence-electron chi connectivity index (χ0n) is 23.7. The van der Waals surface area contributed by atoms with Crippen molar-refractivity contribution in [2.24, 2.45) is 5.41 Å². The SMILES string of the molecule is CC(C)(C)[C@H](NC(=O)OCC1c2ccccc2-c2ccccc21)C(=O)NC1(C(=O)O)CCN(Cc2ccccc2)C1. The van der Waals surface area contributed by atoms with Crippen molar-refractivity contribution >= 4 is 18.0 Å². The quantitative estimate of drug-likeness (QED) is 0.369. The number of benzene rings is 3. The van der Waals surface area contributed by atoms with Gasteiger partial charge in [-0.05, 0) is 39.7 Å². The number of likely N-dealkylation sites (tertiary alicyclic amines) is 1. The van der Waals surface area contributed by atoms with Crippen LogP contribution in [0, 0.1) is 5.41 Å². The van der Waals surface area contributed by atoms with Gasteiger partial charge in [-0.1, -0.05) is 99.6 Å². The van der Waals surface area contributed by atoms with Gasteiger partial charge in [-0.3, -0.25) is 9.69 Å². The van der Waals surface area contributed by atoms with E-state index in [-0.39, 0.29) is 25.5 Å². The second-order valence-electron chi connectivity index (χ2n) is 12.1. The molecule has 214 valence electrons. The number of carboxylic acids is 1. The number of aliphatic carboxylic acids is 1. The number of rotatable bonds is 8. The van der Waals surface area contributed by atoms with Gasteiger partial charge in [-0.25, -0.2) is 9.59 Å². The first kappa shape index (κ1) is 28.4. The minimum atomic E-state index is -1.45. The molecule has 2 atom stereocenters. The topological polar surface area (TPSA) is 108 Å². The van der Waals surface area contributed by atoms with Crippen LogP contribution in [-0.4, -0.2) is 59.3 Å². The van der Waals surface area contributed by atoms with Crippen molar-refractivity contribution in [1.82, 2.24) is 15.5 Å². The summed E-state index contributed by atoms with van der Waals surface area (Å²) in [5.41, 5.74) is 3.37. The molecule has 8 heteroatoms. The molecule has 2 aliphatic rings. The van der Waals surface area contributed by atoms with Crippen molar-refractivity contribution in [3.8, 4) is 11.1 Å². The molecule has 1 aliphatic heterocycles. The molecule has 0 bridgehead atoms. The minimum Gasteiger partial charge on any atom is -0.479 e. The maximum absolute atomic E-state index is 13.6. The van der Waals surface area contributed by atoms with E-state index in [2.05, 4.69) is 22.8 Å². The third kappa shape index (κ3) is 5.98. The molecule has 0 saturated carbocycles. The van der Waals surface area contributed by atoms with Crippen molar-refractivity contribution in [1.29, 1.82) is 0 Å². The van der Waals surface area contributed by atoms with E-state index < -0.39 is 35.0 Å². The first-order valence-electron chi connectivity index (χ1n) is 14.0. The number of fused-ring (bicyclic) bond motifs is 3. The van der Waals surface area contributed by atoms with Crippen LogP contribution in [-0.2, 0) is 20.9 Å². The lowest BCUT2D eigenvalue weighted by molar-refractivity contribution is -0.147. The molecule has 1 unspecified atom stereocenters. The molecule has 5 rings (SSSR count). The summed E-state index contributed by atoms with van der Waals surface area (Å²) >= 11 is 0. The minimum absolute atomic E-state index is 0.112. The lowest BCUT2D eigenvalue weighted by atomic mass is 9.85. The van der Waals surface area contributed by atoms with Gasteiger partial charge < -0.3 is 20.5 Å². The third-order valence-corrected chi connectivity index (χ3v) is 8.10. The van der Waals surface area contributed by atoms with Crippen LogP contribution in [0.1, 0.15) is 49.8 Å². The van der Waals surface area contributed by atoms with E-state index >= 15 is 0 Å². The van der Waals surface area contributed by atoms with Crippen LogP contribution in [0.4, 0.5) is 4.79 Å². The summed E-state index contributed by atoms with van der Waals surface area (Å²) < 4.78 is 5.69. The second-order valence-corrected chi connectivity index (χ2v) is 12.1. The van der Waals surface area contributed by atoms with Gasteiger partial charge in [0.15, 0.2) is 5.54 Å². The van der Waals surface area contributed by atoms with Gasteiger partial charge >= 0.3 is 12.1 Å². The van der Waals surface area contributed by atoms with E-state index in [0.29, 0.717) is 13.1 Å². The Hall–Kier alpha value is -4.17. The largest absolute Gasteiger partial charge is 0.479 e. The normalized spacial score (nSPS) is 19.2. The number of hydrogen-bond donors (Lipinski definition) is 3. The van der Waals surface area contributed by atoms with E-state index in [9.17, 15) is 19.5 Å². The Morgan fingerprint density at radius 3 is 2.12 bits per heavy atom. The molecule has 3 N–H and O–H groups in total. The Kier molecular flexibility index (Phi) is 7.87. The van der Waals surface area contributed by atoms with E-state index in [1.165, 1.54) is 0 Å². The molecule has 1 heterocycles. The average Bonchev–Trinajstić information content (AvgIpc) is 3.50. The first-order valence-corrected chi connectivity index (χ1v) is 14.0. The molecule has 1 aliphatic carbocycles. The molecule has 8 nitrogen and oxygen atoms in total. The number of carbonyl (C=O) groups is 3. The first-order chi connectivity index (χ1) is 19.6. The molecular formula is C33H37N3O5. The van der Waals surface area contributed by atoms with Crippen molar-refractivity contribution in [3.05, 3.63) is 95.6 Å². The molecule has 1 saturated heterocycles. The van der Waals surface area contributed by atoms with Gasteiger partial charge in [0.05, 0.1) is 0 Å². The fraction of sp³-hybridized carbons (Fsp3) is 0.364. The number of nitrogens with zero attached hydrogens (tertiary/aromatic N) is 1. The molecular weight excluding hydrogens is 518 g/mol. The maximum Gasteiger partial charge on any atom is 0.407 e. The zero-order valence-corrected chi connectivity index (χ0v) is 23.7. The Balaban J connectivity index is 1.25. The second kappa shape index (κ2) is 11.4. The van der Waals surface area contributed by atoms with Gasteiger partial charge in [-0.15, -0.1) is 0 Å². The highest BCUT2D eigenvalue weighted by Crippen LogP contribution is 2.44. The number of carboxylic acid groups (broad SMARTS) is 1. The van der Waals surface area contributed by atoms with Gasteiger partial charge in [-0.2, -0.15) is 0 Å². The summed E-state index contributed by atoms with van der Waals surface area (Å²) in [6.07, 6.45) is -0.452. The van der Waals surface area contributed by atoms with Crippen LogP contribution in [0.15, 0.2) is 78.9 Å². The van der Waals surface area contributed by atoms with Crippen molar-refractivity contribution in [2.45, 2.75) is 51.2 Å². The van der Waals surface area contributed by atoms with Crippen LogP contribution < -0.4 is 10.6 Å². The Bertz CT molecular complexity index is 1390. The average molecular weight is 556 g/mol. The molecule has 2 amide bonds. The molecule has 3 aromatic rings. The monoisotopic (exact) mass is 555 g/mol. The van der Waals surface area contributed by atoms with Crippen molar-refractivity contribution in [3.63, 3.8) is 0 Å². The summed E-state index contributed by atoms with van der Waals surface area (Å²) in [5, 5.41) is 15.7. The van der Waals surface area contributed by atoms with Crippen LogP contribution >= 0.6 is 0 Å². The lowest BCUT2D eigenvalue weighted by Crippen LogP contribution is -2.63. The number of ether oxygens (including phenoxy) is 1. The summed E-state index contributed by atoms with van der Waals surface area (Å²) in [5.74, 6) is -1.75. The highest BCUT2D eigenvalue weighted by Gasteiger charge is 2.48. The smallest absolute Gasteiger partial charge is 0.407 e. The predicted octanol–water partition coefficient (Wildman–Crippen LogP) is 4.79. The summed E-state index contributed by atoms with van der Waals surface area (Å²) in [7, 11) is 0. The fourth-order valence-corrected chi connectivity index (χ4v) is 5.94. The van der Waals surface area contributed by atoms with E-state index in [1.54, 1.807) is 0 Å². The van der Waals surface area contributed by atoms with E-state index in [4.69, 9.17) is 4.74 Å². The molecule has 0 radical (unpaired) electrons. The van der Waals surface area contributed by atoms with Gasteiger partial charge in [0.2, 0.25) is 5.91 Å². The third-order valence-electron chi connectivity index (χ3n) is 8.10. The molecule has 0 spiro atoms. The summed E-state index contributed by atoms with van der Waals surface area (Å²) in [6, 6.07) is 25.0. The maximum atomic E-state index is 13.6. The van der Waals surface area contributed by atoms with Gasteiger partial charge in [0.1, 0.15) is 12.6 Å². The van der Waals surface area contributed by atoms with Gasteiger partial charge in [0.25, 0.3) is 0 Å². The number of amides is 2. The Morgan fingerprint density at radius 1 is 0.951 bits per heavy atom. The van der Waals surface area contributed by atoms with Crippen LogP contribution in [0.3, 0.4) is 0 Å². The number of nitrogens with one attached hydrogen (secondary N) is 2. The number of alkyl carbamates (subject to hydrolysis) is 1. The molecule has 0 aromatic heterocycles. The molecule has 1 fully saturated rings. The van der Waals surface area contributed by atoms with Crippen molar-refractivity contribution < 1.29 is 24.2 Å². The highest BCUT2D eigenvalue weighted by atomic mass is 16.5. The van der Waals surface area contributed by atoms with Gasteiger partial charge in [0, 0.05) is 25.6 Å². The molecule has 41 heavy (non-hydrogen) atoms. The fourth-order valence-electron chi connectivity index (χ4n) is 5.94. The zero-order chi connectivity index (χ0) is 29.2. The predicted molar refractivity (Wildman–Crippen MR) is 156 cm³/mol. The highest BCUT2D eigenvalue weighted by molar-refractivity contribution is 5.92. The van der Waals surface area contributed by atoms with E-state index in [1.807, 2.05) is 92.4 Å². The summed E-state index contributed by atoms with van der Waals surface area (Å²) in [4.78, 5) is 41.1. The lowest BCUT2D eigenvalue weighted by Gasteiger charge is -2.34. The van der Waals surface area contributed by atoms with Crippen LogP contribution in [0.5, 0.6) is 0 Å². The Labute approximate surface area is 240 Å². The summed E-state index contributed by atoms with van der Waals surface area (Å²) in [6.45, 7) is 6.88. The van der Waals surface area contributed by atoms with Crippen molar-refractivity contribution in [2.75, 3.05) is 19.7 Å². The standard InChI is InChI=1S/C33H37N3O5/c1-32(2,3)28(29(37)35-33(30(38)39)17-18-36(21-33)19-22-11-5-4-6-12-22)34-31(40)41-20-27-25-15-9-7-13-23(25)24-14-8-10-16-26(24)27/h4-16,27-28H,17-21H2,1-3H3,(H,34,40)(H,35,37)(H,38,39)/t28-,33?/m1/s1. The number of carbonyl (C=O) groups excluding carboxylic acids is 2. The van der Waals surface area contributed by atoms with E-state index in [0.717, 1.165) is 27.8 Å². The van der Waals surface area contributed by atoms with Crippen LogP contribution in [0.2, 0.25) is 0 Å². The van der Waals surface area contributed by atoms with Crippen LogP contribution in [0.25, 0.3) is 11.1 Å². The number of hydrogen-bond acceptors (Lipinski definition) is 5.